The van der Waals surface area contributed by atoms with Gasteiger partial charge in [0.1, 0.15) is 11.6 Å². The second-order valence-corrected chi connectivity index (χ2v) is 8.45. The van der Waals surface area contributed by atoms with Gasteiger partial charge in [-0.25, -0.2) is 22.8 Å². The number of aromatic nitrogens is 4. The summed E-state index contributed by atoms with van der Waals surface area (Å²) in [6.45, 7) is 0.435. The van der Waals surface area contributed by atoms with Gasteiger partial charge >= 0.3 is 0 Å². The fourth-order valence-electron chi connectivity index (χ4n) is 3.24. The van der Waals surface area contributed by atoms with Crippen molar-refractivity contribution in [3.05, 3.63) is 60.7 Å². The van der Waals surface area contributed by atoms with Gasteiger partial charge in [-0.3, -0.25) is 4.98 Å². The molecule has 0 unspecified atom stereocenters. The molecule has 0 aliphatic carbocycles. The van der Waals surface area contributed by atoms with Crippen molar-refractivity contribution in [3.63, 3.8) is 0 Å². The third-order valence-electron chi connectivity index (χ3n) is 4.59. The summed E-state index contributed by atoms with van der Waals surface area (Å²) in [5, 5.41) is 3.08. The highest BCUT2D eigenvalue weighted by Gasteiger charge is 2.38. The van der Waals surface area contributed by atoms with Crippen molar-refractivity contribution in [2.75, 3.05) is 11.9 Å². The van der Waals surface area contributed by atoms with Gasteiger partial charge in [0, 0.05) is 19.8 Å². The predicted octanol–water partition coefficient (Wildman–Crippen LogP) is 2.62. The Morgan fingerprint density at radius 3 is 2.64 bits per heavy atom. The van der Waals surface area contributed by atoms with E-state index in [1.807, 2.05) is 0 Å². The molecule has 1 N–H and O–H groups in total. The lowest BCUT2D eigenvalue weighted by molar-refractivity contribution is 0.389. The Labute approximate surface area is 162 Å². The number of aryl methyl sites for hydroxylation is 1. The van der Waals surface area contributed by atoms with E-state index in [4.69, 9.17) is 0 Å². The van der Waals surface area contributed by atoms with E-state index in [2.05, 4.69) is 20.3 Å². The van der Waals surface area contributed by atoms with Gasteiger partial charge in [-0.15, -0.1) is 0 Å². The van der Waals surface area contributed by atoms with Crippen molar-refractivity contribution < 1.29 is 12.8 Å². The van der Waals surface area contributed by atoms with Crippen LogP contribution in [0.4, 0.5) is 15.9 Å². The maximum atomic E-state index is 12.9. The first-order chi connectivity index (χ1) is 13.4. The molecule has 0 amide bonds. The van der Waals surface area contributed by atoms with E-state index in [-0.39, 0.29) is 11.1 Å². The molecule has 146 valence electrons. The summed E-state index contributed by atoms with van der Waals surface area (Å²) in [5.74, 6) is 0.0886. The minimum absolute atomic E-state index is 0.0440. The number of hydrogen-bond acceptors (Lipinski definition) is 6. The first kappa shape index (κ1) is 18.5. The molecule has 1 atom stereocenters. The van der Waals surface area contributed by atoms with Crippen LogP contribution >= 0.6 is 0 Å². The second-order valence-electron chi connectivity index (χ2n) is 6.61. The topological polar surface area (TPSA) is 93.0 Å². The lowest BCUT2D eigenvalue weighted by Crippen LogP contribution is -2.31. The maximum Gasteiger partial charge on any atom is 0.262 e. The first-order valence-corrected chi connectivity index (χ1v) is 10.2. The van der Waals surface area contributed by atoms with E-state index in [1.54, 1.807) is 29.9 Å². The van der Waals surface area contributed by atoms with E-state index in [0.29, 0.717) is 30.2 Å². The molecule has 0 spiro atoms. The SMILES string of the molecule is Cn1cnc(S(=O)(=O)N2CCC[C@@H]2c2ccc(Nc3ccc(F)cn3)cn2)c1. The Morgan fingerprint density at radius 2 is 2.00 bits per heavy atom. The number of halogens is 1. The van der Waals surface area contributed by atoms with Crippen LogP contribution in [-0.4, -0.2) is 38.8 Å². The van der Waals surface area contributed by atoms with Crippen molar-refractivity contribution in [2.24, 2.45) is 7.05 Å². The van der Waals surface area contributed by atoms with Crippen LogP contribution in [0, 0.1) is 5.82 Å². The molecule has 4 heterocycles. The molecule has 3 aromatic rings. The molecular formula is C18H19FN6O2S. The minimum atomic E-state index is -3.68. The lowest BCUT2D eigenvalue weighted by atomic mass is 10.1. The number of imidazole rings is 1. The van der Waals surface area contributed by atoms with Crippen LogP contribution in [0.3, 0.4) is 0 Å². The molecule has 28 heavy (non-hydrogen) atoms. The monoisotopic (exact) mass is 402 g/mol. The highest BCUT2D eigenvalue weighted by atomic mass is 32.2. The quantitative estimate of drug-likeness (QED) is 0.705. The summed E-state index contributed by atoms with van der Waals surface area (Å²) in [5.41, 5.74) is 1.36. The van der Waals surface area contributed by atoms with Gasteiger partial charge in [0.15, 0.2) is 5.03 Å². The maximum absolute atomic E-state index is 12.9. The van der Waals surface area contributed by atoms with Crippen LogP contribution < -0.4 is 5.32 Å². The molecule has 0 aromatic carbocycles. The average molecular weight is 402 g/mol. The summed E-state index contributed by atoms with van der Waals surface area (Å²) in [7, 11) is -1.94. The molecular weight excluding hydrogens is 383 g/mol. The minimum Gasteiger partial charge on any atom is -0.339 e. The molecule has 1 fully saturated rings. The largest absolute Gasteiger partial charge is 0.339 e. The smallest absolute Gasteiger partial charge is 0.262 e. The second kappa shape index (κ2) is 7.28. The number of hydrogen-bond donors (Lipinski definition) is 1. The Morgan fingerprint density at radius 1 is 1.14 bits per heavy atom. The predicted molar refractivity (Wildman–Crippen MR) is 101 cm³/mol. The van der Waals surface area contributed by atoms with Gasteiger partial charge in [-0.05, 0) is 37.1 Å². The Balaban J connectivity index is 1.54. The van der Waals surface area contributed by atoms with E-state index < -0.39 is 15.8 Å². The van der Waals surface area contributed by atoms with Crippen molar-refractivity contribution in [2.45, 2.75) is 23.9 Å². The van der Waals surface area contributed by atoms with E-state index in [9.17, 15) is 12.8 Å². The fraction of sp³-hybridized carbons (Fsp3) is 0.278. The van der Waals surface area contributed by atoms with Gasteiger partial charge in [0.25, 0.3) is 10.0 Å². The summed E-state index contributed by atoms with van der Waals surface area (Å²) in [6.07, 6.45) is 7.18. The normalized spacial score (nSPS) is 17.7. The number of sulfonamides is 1. The lowest BCUT2D eigenvalue weighted by Gasteiger charge is -2.22. The third kappa shape index (κ3) is 3.60. The Kier molecular flexibility index (Phi) is 4.82. The zero-order valence-corrected chi connectivity index (χ0v) is 16.0. The van der Waals surface area contributed by atoms with Gasteiger partial charge in [-0.2, -0.15) is 4.31 Å². The van der Waals surface area contributed by atoms with Crippen LogP contribution in [0.2, 0.25) is 0 Å². The summed E-state index contributed by atoms with van der Waals surface area (Å²) in [4.78, 5) is 12.4. The molecule has 10 heteroatoms. The molecule has 4 rings (SSSR count). The van der Waals surface area contributed by atoms with Crippen LogP contribution in [0.5, 0.6) is 0 Å². The van der Waals surface area contributed by atoms with Crippen molar-refractivity contribution >= 4 is 21.5 Å². The molecule has 1 saturated heterocycles. The van der Waals surface area contributed by atoms with Gasteiger partial charge in [0.05, 0.1) is 36.1 Å². The molecule has 1 aliphatic heterocycles. The zero-order chi connectivity index (χ0) is 19.7. The van der Waals surface area contributed by atoms with E-state index >= 15 is 0 Å². The van der Waals surface area contributed by atoms with Crippen LogP contribution in [-0.2, 0) is 17.1 Å². The summed E-state index contributed by atoms with van der Waals surface area (Å²) < 4.78 is 41.9. The number of anilines is 2. The fourth-order valence-corrected chi connectivity index (χ4v) is 4.88. The molecule has 0 saturated carbocycles. The third-order valence-corrected chi connectivity index (χ3v) is 6.38. The molecule has 1 aliphatic rings. The molecule has 8 nitrogen and oxygen atoms in total. The van der Waals surface area contributed by atoms with Crippen LogP contribution in [0.1, 0.15) is 24.6 Å². The standard InChI is InChI=1S/C18H19FN6O2S/c1-24-11-18(22-12-24)28(26,27)25-8-2-3-16(25)15-6-5-14(10-20-15)23-17-7-4-13(19)9-21-17/h4-7,9-12,16H,2-3,8H2,1H3,(H,21,23)/t16-/m1/s1. The summed E-state index contributed by atoms with van der Waals surface area (Å²) in [6, 6.07) is 6.11. The molecule has 0 bridgehead atoms. The highest BCUT2D eigenvalue weighted by Crippen LogP contribution is 2.35. The number of rotatable bonds is 5. The van der Waals surface area contributed by atoms with Crippen molar-refractivity contribution in [1.82, 2.24) is 23.8 Å². The highest BCUT2D eigenvalue weighted by molar-refractivity contribution is 7.89. The number of pyridine rings is 2. The zero-order valence-electron chi connectivity index (χ0n) is 15.2. The van der Waals surface area contributed by atoms with Gasteiger partial charge in [0.2, 0.25) is 0 Å². The van der Waals surface area contributed by atoms with Crippen LogP contribution in [0.25, 0.3) is 0 Å². The van der Waals surface area contributed by atoms with Gasteiger partial charge < -0.3 is 9.88 Å². The molecule has 0 radical (unpaired) electrons. The molecule has 3 aromatic heterocycles. The summed E-state index contributed by atoms with van der Waals surface area (Å²) >= 11 is 0. The van der Waals surface area contributed by atoms with E-state index in [1.165, 1.54) is 29.0 Å². The van der Waals surface area contributed by atoms with Crippen LogP contribution in [0.15, 0.2) is 54.2 Å². The van der Waals surface area contributed by atoms with Crippen molar-refractivity contribution in [1.29, 1.82) is 0 Å². The first-order valence-electron chi connectivity index (χ1n) is 8.78. The average Bonchev–Trinajstić information content (AvgIpc) is 3.34. The Hall–Kier alpha value is -2.85. The Bertz CT molecular complexity index is 1070. The van der Waals surface area contributed by atoms with Gasteiger partial charge in [-0.1, -0.05) is 0 Å². The number of nitrogens with one attached hydrogen (secondary N) is 1. The van der Waals surface area contributed by atoms with Crippen molar-refractivity contribution in [3.8, 4) is 0 Å². The van der Waals surface area contributed by atoms with E-state index in [0.717, 1.165) is 12.6 Å². The number of nitrogens with zero attached hydrogens (tertiary/aromatic N) is 5.